The first-order valence-electron chi connectivity index (χ1n) is 12.8. The van der Waals surface area contributed by atoms with Gasteiger partial charge in [-0.25, -0.2) is 9.78 Å². The van der Waals surface area contributed by atoms with Crippen LogP contribution in [0.25, 0.3) is 16.7 Å². The van der Waals surface area contributed by atoms with Crippen LogP contribution in [0.4, 0.5) is 0 Å². The summed E-state index contributed by atoms with van der Waals surface area (Å²) in [5.74, 6) is 0.941. The number of amides is 1. The zero-order valence-electron chi connectivity index (χ0n) is 21.9. The number of nitrogens with one attached hydrogen (secondary N) is 1. The number of carbonyl (C=O) groups excluding carboxylic acids is 2. The van der Waals surface area contributed by atoms with E-state index in [1.54, 1.807) is 36.7 Å². The molecule has 3 aromatic carbocycles. The summed E-state index contributed by atoms with van der Waals surface area (Å²) in [6, 6.07) is 25.7. The Morgan fingerprint density at radius 2 is 1.68 bits per heavy atom. The quantitative estimate of drug-likeness (QED) is 0.187. The molecule has 0 atom stereocenters. The zero-order chi connectivity index (χ0) is 27.7. The Hall–Kier alpha value is -5.18. The second-order valence-corrected chi connectivity index (χ2v) is 8.87. The Morgan fingerprint density at radius 3 is 2.45 bits per heavy atom. The number of hydrogen-bond acceptors (Lipinski definition) is 7. The van der Waals surface area contributed by atoms with Crippen molar-refractivity contribution in [1.82, 2.24) is 19.9 Å². The molecule has 9 heteroatoms. The van der Waals surface area contributed by atoms with Gasteiger partial charge in [0, 0.05) is 31.4 Å². The van der Waals surface area contributed by atoms with E-state index in [-0.39, 0.29) is 17.7 Å². The molecule has 0 aliphatic rings. The zero-order valence-corrected chi connectivity index (χ0v) is 21.9. The van der Waals surface area contributed by atoms with Crippen LogP contribution in [0.1, 0.15) is 33.0 Å². The molecule has 1 N–H and O–H groups in total. The number of imidazole rings is 1. The number of hydrogen-bond donors (Lipinski definition) is 1. The topological polar surface area (TPSA) is 105 Å². The third-order valence-corrected chi connectivity index (χ3v) is 6.12. The number of fused-ring (bicyclic) bond motifs is 1. The Kier molecular flexibility index (Phi) is 8.31. The number of esters is 1. The molecule has 0 saturated carbocycles. The first-order chi connectivity index (χ1) is 19.6. The van der Waals surface area contributed by atoms with Crippen molar-refractivity contribution in [2.45, 2.75) is 13.0 Å². The largest absolute Gasteiger partial charge is 0.493 e. The van der Waals surface area contributed by atoms with Crippen molar-refractivity contribution in [1.29, 1.82) is 0 Å². The van der Waals surface area contributed by atoms with Crippen LogP contribution in [-0.2, 0) is 11.3 Å². The molecule has 0 aliphatic heterocycles. The van der Waals surface area contributed by atoms with Gasteiger partial charge in [0.05, 0.1) is 42.6 Å². The number of aromatic nitrogens is 3. The number of nitrogens with zero attached hydrogens (tertiary/aromatic N) is 3. The molecule has 0 aliphatic carbocycles. The SMILES string of the molecule is COC(=O)c1ccc(OCCCOc2cccc(-n3c(C(=O)NCc4cccnc4)nc4ccccc43)c2)cc1. The van der Waals surface area contributed by atoms with E-state index < -0.39 is 0 Å². The van der Waals surface area contributed by atoms with Crippen molar-refractivity contribution < 1.29 is 23.8 Å². The highest BCUT2D eigenvalue weighted by atomic mass is 16.5. The summed E-state index contributed by atoms with van der Waals surface area (Å²) in [5.41, 5.74) is 3.67. The van der Waals surface area contributed by atoms with Crippen LogP contribution in [0.2, 0.25) is 0 Å². The van der Waals surface area contributed by atoms with Crippen LogP contribution < -0.4 is 14.8 Å². The van der Waals surface area contributed by atoms with E-state index in [1.807, 2.05) is 65.2 Å². The summed E-state index contributed by atoms with van der Waals surface area (Å²) >= 11 is 0. The minimum absolute atomic E-state index is 0.286. The van der Waals surface area contributed by atoms with Gasteiger partial charge in [-0.1, -0.05) is 24.3 Å². The van der Waals surface area contributed by atoms with Gasteiger partial charge in [0.15, 0.2) is 0 Å². The van der Waals surface area contributed by atoms with Crippen molar-refractivity contribution in [3.05, 3.63) is 114 Å². The van der Waals surface area contributed by atoms with Crippen molar-refractivity contribution in [2.24, 2.45) is 0 Å². The summed E-state index contributed by atoms with van der Waals surface area (Å²) in [6.07, 6.45) is 4.06. The molecule has 2 heterocycles. The number of carbonyl (C=O) groups is 2. The van der Waals surface area contributed by atoms with E-state index >= 15 is 0 Å². The minimum atomic E-state index is -0.386. The number of rotatable bonds is 11. The minimum Gasteiger partial charge on any atom is -0.493 e. The van der Waals surface area contributed by atoms with Crippen molar-refractivity contribution in [3.8, 4) is 17.2 Å². The predicted octanol–water partition coefficient (Wildman–Crippen LogP) is 4.99. The number of pyridine rings is 1. The third-order valence-electron chi connectivity index (χ3n) is 6.12. The van der Waals surface area contributed by atoms with Crippen LogP contribution in [0.15, 0.2) is 97.3 Å². The molecule has 202 valence electrons. The molecule has 1 amide bonds. The van der Waals surface area contributed by atoms with E-state index in [9.17, 15) is 9.59 Å². The molecule has 40 heavy (non-hydrogen) atoms. The van der Waals surface area contributed by atoms with Gasteiger partial charge in [-0.2, -0.15) is 0 Å². The van der Waals surface area contributed by atoms with Gasteiger partial charge >= 0.3 is 5.97 Å². The van der Waals surface area contributed by atoms with Crippen LogP contribution >= 0.6 is 0 Å². The fourth-order valence-corrected chi connectivity index (χ4v) is 4.16. The fourth-order valence-electron chi connectivity index (χ4n) is 4.16. The lowest BCUT2D eigenvalue weighted by molar-refractivity contribution is 0.0600. The van der Waals surface area contributed by atoms with Crippen LogP contribution in [0.5, 0.6) is 11.5 Å². The van der Waals surface area contributed by atoms with Crippen LogP contribution in [0.3, 0.4) is 0 Å². The maximum absolute atomic E-state index is 13.2. The first kappa shape index (κ1) is 26.4. The lowest BCUT2D eigenvalue weighted by Gasteiger charge is -2.12. The molecular weight excluding hydrogens is 508 g/mol. The highest BCUT2D eigenvalue weighted by molar-refractivity contribution is 5.96. The van der Waals surface area contributed by atoms with Gasteiger partial charge in [-0.15, -0.1) is 0 Å². The highest BCUT2D eigenvalue weighted by Gasteiger charge is 2.19. The van der Waals surface area contributed by atoms with Crippen molar-refractivity contribution in [3.63, 3.8) is 0 Å². The maximum Gasteiger partial charge on any atom is 0.337 e. The van der Waals surface area contributed by atoms with Crippen molar-refractivity contribution >= 4 is 22.9 Å². The van der Waals surface area contributed by atoms with E-state index in [0.29, 0.717) is 43.2 Å². The summed E-state index contributed by atoms with van der Waals surface area (Å²) < 4.78 is 18.3. The van der Waals surface area contributed by atoms with Gasteiger partial charge in [0.1, 0.15) is 11.5 Å². The second-order valence-electron chi connectivity index (χ2n) is 8.87. The lowest BCUT2D eigenvalue weighted by atomic mass is 10.2. The predicted molar refractivity (Wildman–Crippen MR) is 150 cm³/mol. The van der Waals surface area contributed by atoms with E-state index in [1.165, 1.54) is 7.11 Å². The van der Waals surface area contributed by atoms with Gasteiger partial charge in [0.2, 0.25) is 5.82 Å². The molecule has 5 rings (SSSR count). The fraction of sp³-hybridized carbons (Fsp3) is 0.161. The Bertz CT molecular complexity index is 1600. The van der Waals surface area contributed by atoms with Gasteiger partial charge in [-0.3, -0.25) is 14.3 Å². The Labute approximate surface area is 231 Å². The summed E-state index contributed by atoms with van der Waals surface area (Å²) in [6.45, 7) is 1.23. The first-order valence-corrected chi connectivity index (χ1v) is 12.8. The monoisotopic (exact) mass is 536 g/mol. The summed E-state index contributed by atoms with van der Waals surface area (Å²) in [5, 5.41) is 2.94. The van der Waals surface area contributed by atoms with Crippen molar-refractivity contribution in [2.75, 3.05) is 20.3 Å². The van der Waals surface area contributed by atoms with Crippen LogP contribution in [0, 0.1) is 0 Å². The molecule has 5 aromatic rings. The summed E-state index contributed by atoms with van der Waals surface area (Å²) in [7, 11) is 1.35. The molecule has 9 nitrogen and oxygen atoms in total. The lowest BCUT2D eigenvalue weighted by Crippen LogP contribution is -2.26. The number of ether oxygens (including phenoxy) is 3. The molecular formula is C31H28N4O5. The highest BCUT2D eigenvalue weighted by Crippen LogP contribution is 2.25. The van der Waals surface area contributed by atoms with Gasteiger partial charge < -0.3 is 19.5 Å². The van der Waals surface area contributed by atoms with Crippen LogP contribution in [-0.4, -0.2) is 46.7 Å². The average Bonchev–Trinajstić information content (AvgIpc) is 3.40. The normalized spacial score (nSPS) is 10.7. The molecule has 0 saturated heterocycles. The average molecular weight is 537 g/mol. The smallest absolute Gasteiger partial charge is 0.337 e. The molecule has 2 aromatic heterocycles. The Balaban J connectivity index is 1.24. The summed E-state index contributed by atoms with van der Waals surface area (Å²) in [4.78, 5) is 33.5. The molecule has 0 spiro atoms. The number of methoxy groups -OCH3 is 1. The third kappa shape index (κ3) is 6.27. The maximum atomic E-state index is 13.2. The second kappa shape index (κ2) is 12.6. The molecule has 0 fully saturated rings. The van der Waals surface area contributed by atoms with Gasteiger partial charge in [-0.05, 0) is 60.2 Å². The molecule has 0 unspecified atom stereocenters. The van der Waals surface area contributed by atoms with E-state index in [4.69, 9.17) is 14.2 Å². The van der Waals surface area contributed by atoms with E-state index in [0.717, 1.165) is 22.3 Å². The molecule has 0 bridgehead atoms. The van der Waals surface area contributed by atoms with E-state index in [2.05, 4.69) is 15.3 Å². The number of benzene rings is 3. The molecule has 0 radical (unpaired) electrons. The Morgan fingerprint density at radius 1 is 0.875 bits per heavy atom. The standard InChI is InChI=1S/C31H28N4O5/c1-38-31(37)23-12-14-25(15-13-23)39-17-6-18-40-26-9-4-8-24(19-26)35-28-11-3-2-10-27(28)34-29(35)30(36)33-21-22-7-5-16-32-20-22/h2-5,7-16,19-20H,6,17-18,21H2,1H3,(H,33,36). The number of para-hydroxylation sites is 2. The van der Waals surface area contributed by atoms with Gasteiger partial charge in [0.25, 0.3) is 5.91 Å².